The van der Waals surface area contributed by atoms with Crippen LogP contribution in [0.3, 0.4) is 0 Å². The van der Waals surface area contributed by atoms with E-state index in [2.05, 4.69) is 0 Å². The number of carbonyl (C=O) groups is 2. The molecule has 0 N–H and O–H groups in total. The second-order valence-electron chi connectivity index (χ2n) is 4.73. The van der Waals surface area contributed by atoms with Gasteiger partial charge in [-0.1, -0.05) is 20.8 Å². The molecular weight excluding hydrogens is 236 g/mol. The lowest BCUT2D eigenvalue weighted by Crippen LogP contribution is -2.37. The molecule has 0 amide bonds. The van der Waals surface area contributed by atoms with Gasteiger partial charge in [-0.25, -0.2) is 0 Å². The molecule has 1 saturated heterocycles. The number of ether oxygens (including phenoxy) is 3. The highest BCUT2D eigenvalue weighted by atomic mass is 16.7. The summed E-state index contributed by atoms with van der Waals surface area (Å²) in [6.07, 6.45) is 0.216. The van der Waals surface area contributed by atoms with Gasteiger partial charge in [0.05, 0.1) is 5.60 Å². The topological polar surface area (TPSA) is 61.8 Å². The summed E-state index contributed by atoms with van der Waals surface area (Å²) in [4.78, 5) is 22.2. The summed E-state index contributed by atoms with van der Waals surface area (Å²) in [6, 6.07) is 0. The van der Waals surface area contributed by atoms with Crippen molar-refractivity contribution in [2.75, 3.05) is 0 Å². The maximum absolute atomic E-state index is 11.1. The molecule has 0 aromatic heterocycles. The first-order valence-electron chi connectivity index (χ1n) is 6.38. The fourth-order valence-electron chi connectivity index (χ4n) is 2.61. The van der Waals surface area contributed by atoms with Crippen LogP contribution in [-0.4, -0.2) is 29.9 Å². The van der Waals surface area contributed by atoms with Gasteiger partial charge in [0, 0.05) is 19.8 Å². The van der Waals surface area contributed by atoms with Crippen molar-refractivity contribution >= 4 is 11.9 Å². The first-order valence-corrected chi connectivity index (χ1v) is 6.38. The van der Waals surface area contributed by atoms with Crippen molar-refractivity contribution < 1.29 is 23.8 Å². The normalized spacial score (nSPS) is 29.9. The highest BCUT2D eigenvalue weighted by molar-refractivity contribution is 5.67. The SMILES string of the molecule is CCC1(CC)OC(OC(C)=O)[C@H](OC(C)=O)[C@@H]1C. The van der Waals surface area contributed by atoms with Crippen LogP contribution in [0, 0.1) is 5.92 Å². The van der Waals surface area contributed by atoms with Crippen LogP contribution in [0.4, 0.5) is 0 Å². The van der Waals surface area contributed by atoms with E-state index in [1.165, 1.54) is 13.8 Å². The molecule has 104 valence electrons. The molecule has 1 fully saturated rings. The fraction of sp³-hybridized carbons (Fsp3) is 0.846. The van der Waals surface area contributed by atoms with E-state index >= 15 is 0 Å². The third kappa shape index (κ3) is 2.83. The average molecular weight is 258 g/mol. The molecule has 0 saturated carbocycles. The van der Waals surface area contributed by atoms with Crippen molar-refractivity contribution in [3.8, 4) is 0 Å². The second kappa shape index (κ2) is 5.69. The van der Waals surface area contributed by atoms with Gasteiger partial charge in [-0.3, -0.25) is 9.59 Å². The van der Waals surface area contributed by atoms with Crippen LogP contribution in [0.1, 0.15) is 47.5 Å². The van der Waals surface area contributed by atoms with Crippen molar-refractivity contribution in [1.82, 2.24) is 0 Å². The fourth-order valence-corrected chi connectivity index (χ4v) is 2.61. The number of rotatable bonds is 4. The Morgan fingerprint density at radius 1 is 1.11 bits per heavy atom. The van der Waals surface area contributed by atoms with E-state index in [1.54, 1.807) is 0 Å². The third-order valence-electron chi connectivity index (χ3n) is 3.72. The van der Waals surface area contributed by atoms with E-state index in [0.29, 0.717) is 0 Å². The van der Waals surface area contributed by atoms with E-state index in [-0.39, 0.29) is 5.92 Å². The smallest absolute Gasteiger partial charge is 0.305 e. The molecule has 1 heterocycles. The summed E-state index contributed by atoms with van der Waals surface area (Å²) in [6.45, 7) is 8.65. The molecule has 1 aliphatic heterocycles. The summed E-state index contributed by atoms with van der Waals surface area (Å²) < 4.78 is 16.2. The quantitative estimate of drug-likeness (QED) is 0.722. The predicted molar refractivity (Wildman–Crippen MR) is 64.7 cm³/mol. The van der Waals surface area contributed by atoms with E-state index < -0.39 is 29.9 Å². The lowest BCUT2D eigenvalue weighted by molar-refractivity contribution is -0.205. The van der Waals surface area contributed by atoms with Crippen molar-refractivity contribution in [2.45, 2.75) is 65.5 Å². The summed E-state index contributed by atoms with van der Waals surface area (Å²) in [5, 5.41) is 0. The largest absolute Gasteiger partial charge is 0.455 e. The van der Waals surface area contributed by atoms with Crippen LogP contribution in [-0.2, 0) is 23.8 Å². The van der Waals surface area contributed by atoms with E-state index in [4.69, 9.17) is 14.2 Å². The van der Waals surface area contributed by atoms with E-state index in [1.807, 2.05) is 20.8 Å². The number of hydrogen-bond acceptors (Lipinski definition) is 5. The van der Waals surface area contributed by atoms with Crippen LogP contribution < -0.4 is 0 Å². The van der Waals surface area contributed by atoms with Crippen LogP contribution in [0.5, 0.6) is 0 Å². The third-order valence-corrected chi connectivity index (χ3v) is 3.72. The minimum atomic E-state index is -0.804. The van der Waals surface area contributed by atoms with Gasteiger partial charge in [0.1, 0.15) is 0 Å². The Morgan fingerprint density at radius 2 is 1.61 bits per heavy atom. The molecule has 5 heteroatoms. The summed E-state index contributed by atoms with van der Waals surface area (Å²) in [5.41, 5.74) is -0.403. The Kier molecular flexibility index (Phi) is 4.73. The molecule has 5 nitrogen and oxygen atoms in total. The van der Waals surface area contributed by atoms with Crippen LogP contribution in [0.2, 0.25) is 0 Å². The minimum absolute atomic E-state index is 0.0132. The van der Waals surface area contributed by atoms with Gasteiger partial charge in [0.25, 0.3) is 0 Å². The second-order valence-corrected chi connectivity index (χ2v) is 4.73. The summed E-state index contributed by atoms with van der Waals surface area (Å²) in [5.74, 6) is -0.844. The molecule has 1 rings (SSSR count). The van der Waals surface area contributed by atoms with Crippen molar-refractivity contribution in [1.29, 1.82) is 0 Å². The number of carbonyl (C=O) groups excluding carboxylic acids is 2. The number of hydrogen-bond donors (Lipinski definition) is 0. The van der Waals surface area contributed by atoms with Gasteiger partial charge in [0.15, 0.2) is 6.10 Å². The highest BCUT2D eigenvalue weighted by Gasteiger charge is 2.53. The van der Waals surface area contributed by atoms with Crippen LogP contribution >= 0.6 is 0 Å². The Labute approximate surface area is 108 Å². The monoisotopic (exact) mass is 258 g/mol. The zero-order valence-electron chi connectivity index (χ0n) is 11.7. The molecule has 0 spiro atoms. The molecular formula is C13H22O5. The van der Waals surface area contributed by atoms with Gasteiger partial charge in [-0.2, -0.15) is 0 Å². The standard InChI is InChI=1S/C13H22O5/c1-6-13(7-2)8(3)11(16-9(4)14)12(18-13)17-10(5)15/h8,11-12H,6-7H2,1-5H3/t8-,11+,12?/m0/s1. The number of esters is 2. The summed E-state index contributed by atoms with van der Waals surface area (Å²) >= 11 is 0. The van der Waals surface area contributed by atoms with Gasteiger partial charge in [0.2, 0.25) is 6.29 Å². The first kappa shape index (κ1) is 15.0. The maximum Gasteiger partial charge on any atom is 0.305 e. The Bertz CT molecular complexity index is 321. The maximum atomic E-state index is 11.1. The molecule has 0 aromatic carbocycles. The molecule has 3 atom stereocenters. The van der Waals surface area contributed by atoms with Gasteiger partial charge < -0.3 is 14.2 Å². The van der Waals surface area contributed by atoms with Gasteiger partial charge in [-0.05, 0) is 12.8 Å². The average Bonchev–Trinajstić information content (AvgIpc) is 2.53. The highest BCUT2D eigenvalue weighted by Crippen LogP contribution is 2.43. The van der Waals surface area contributed by atoms with Crippen molar-refractivity contribution in [3.05, 3.63) is 0 Å². The Balaban J connectivity index is 2.94. The van der Waals surface area contributed by atoms with Gasteiger partial charge >= 0.3 is 11.9 Å². The molecule has 1 unspecified atom stereocenters. The minimum Gasteiger partial charge on any atom is -0.455 e. The lowest BCUT2D eigenvalue weighted by atomic mass is 9.83. The van der Waals surface area contributed by atoms with E-state index in [0.717, 1.165) is 12.8 Å². The molecule has 0 aromatic rings. The van der Waals surface area contributed by atoms with Crippen molar-refractivity contribution in [2.24, 2.45) is 5.92 Å². The Morgan fingerprint density at radius 3 is 2.00 bits per heavy atom. The van der Waals surface area contributed by atoms with Crippen LogP contribution in [0.15, 0.2) is 0 Å². The molecule has 1 aliphatic rings. The summed E-state index contributed by atoms with van der Waals surface area (Å²) in [7, 11) is 0. The van der Waals surface area contributed by atoms with Crippen molar-refractivity contribution in [3.63, 3.8) is 0 Å². The Hall–Kier alpha value is -1.10. The zero-order chi connectivity index (χ0) is 13.9. The predicted octanol–water partition coefficient (Wildman–Crippen LogP) is 2.03. The van der Waals surface area contributed by atoms with Gasteiger partial charge in [-0.15, -0.1) is 0 Å². The molecule has 0 radical (unpaired) electrons. The molecule has 0 bridgehead atoms. The van der Waals surface area contributed by atoms with E-state index in [9.17, 15) is 9.59 Å². The lowest BCUT2D eigenvalue weighted by Gasteiger charge is -2.30. The molecule has 0 aliphatic carbocycles. The first-order chi connectivity index (χ1) is 8.36. The van der Waals surface area contributed by atoms with Crippen LogP contribution in [0.25, 0.3) is 0 Å². The zero-order valence-corrected chi connectivity index (χ0v) is 11.7. The molecule has 18 heavy (non-hydrogen) atoms.